The third-order valence-corrected chi connectivity index (χ3v) is 4.13. The second-order valence-electron chi connectivity index (χ2n) is 6.65. The molecule has 0 fully saturated rings. The Morgan fingerprint density at radius 2 is 0.571 bits per heavy atom. The Balaban J connectivity index is 0. The van der Waals surface area contributed by atoms with E-state index in [2.05, 4.69) is 19.6 Å². The average Bonchev–Trinajstić information content (AvgIpc) is 2.75. The molecule has 0 rings (SSSR count). The fourth-order valence-corrected chi connectivity index (χ4v) is 0.907. The molecule has 4 unspecified atom stereocenters. The van der Waals surface area contributed by atoms with Crippen LogP contribution in [0.4, 0.5) is 0 Å². The molecule has 172 valence electrons. The summed E-state index contributed by atoms with van der Waals surface area (Å²) in [6, 6.07) is 0. The van der Waals surface area contributed by atoms with Crippen molar-refractivity contribution in [3.63, 3.8) is 0 Å². The van der Waals surface area contributed by atoms with Gasteiger partial charge in [0.25, 0.3) is 0 Å². The summed E-state index contributed by atoms with van der Waals surface area (Å²) in [7, 11) is 0. The molecule has 4 N–H and O–H groups in total. The summed E-state index contributed by atoms with van der Waals surface area (Å²) < 4.78 is 0. The molecule has 0 aromatic carbocycles. The number of rotatable bonds is 14. The van der Waals surface area contributed by atoms with Gasteiger partial charge in [-0.15, -0.1) is 0 Å². The minimum atomic E-state index is -1.27. The van der Waals surface area contributed by atoms with Crippen LogP contribution in [0.25, 0.3) is 0 Å². The number of hydrogen-bond donors (Lipinski definition) is 4. The normalized spacial score (nSPS) is 20.1. The quantitative estimate of drug-likeness (QED) is 0.179. The molecule has 0 aromatic heterocycles. The first kappa shape index (κ1) is 29.7. The van der Waals surface area contributed by atoms with Crippen LogP contribution in [0, 0.1) is 0 Å². The lowest BCUT2D eigenvalue weighted by molar-refractivity contribution is -0.566. The van der Waals surface area contributed by atoms with Crippen molar-refractivity contribution in [1.29, 1.82) is 0 Å². The van der Waals surface area contributed by atoms with E-state index in [0.717, 1.165) is 0 Å². The van der Waals surface area contributed by atoms with Crippen LogP contribution in [0.15, 0.2) is 0 Å². The van der Waals surface area contributed by atoms with Crippen molar-refractivity contribution in [3.8, 4) is 0 Å². The van der Waals surface area contributed by atoms with Gasteiger partial charge in [0, 0.05) is 25.7 Å². The standard InChI is InChI=1S/2C8H18O6/c2*1-5-7(3,11-9)13-14-8(4,6-2)12-10/h2*9-10H,5-6H2,1-4H3. The van der Waals surface area contributed by atoms with Gasteiger partial charge in [0.2, 0.25) is 23.1 Å². The minimum absolute atomic E-state index is 0.370. The average molecular weight is 420 g/mol. The molecule has 12 heteroatoms. The molecule has 12 nitrogen and oxygen atoms in total. The summed E-state index contributed by atoms with van der Waals surface area (Å²) in [5.74, 6) is -5.08. The molecule has 0 spiro atoms. The highest BCUT2D eigenvalue weighted by Gasteiger charge is 2.34. The summed E-state index contributed by atoms with van der Waals surface area (Å²) in [5.41, 5.74) is 0. The van der Waals surface area contributed by atoms with E-state index in [1.54, 1.807) is 27.7 Å². The van der Waals surface area contributed by atoms with Gasteiger partial charge in [0.1, 0.15) is 0 Å². The summed E-state index contributed by atoms with van der Waals surface area (Å²) >= 11 is 0. The van der Waals surface area contributed by atoms with Crippen molar-refractivity contribution in [2.24, 2.45) is 0 Å². The van der Waals surface area contributed by atoms with E-state index in [1.165, 1.54) is 27.7 Å². The summed E-state index contributed by atoms with van der Waals surface area (Å²) in [4.78, 5) is 35.6. The molecule has 0 radical (unpaired) electrons. The lowest BCUT2D eigenvalue weighted by Gasteiger charge is -2.29. The fourth-order valence-electron chi connectivity index (χ4n) is 0.907. The second kappa shape index (κ2) is 13.7. The Bertz CT molecular complexity index is 304. The highest BCUT2D eigenvalue weighted by Crippen LogP contribution is 2.24. The van der Waals surface area contributed by atoms with Crippen molar-refractivity contribution >= 4 is 0 Å². The summed E-state index contributed by atoms with van der Waals surface area (Å²) in [5, 5.41) is 34.1. The third-order valence-electron chi connectivity index (χ3n) is 4.13. The van der Waals surface area contributed by atoms with Crippen molar-refractivity contribution < 1.29 is 60.1 Å². The smallest absolute Gasteiger partial charge is 0.230 e. The lowest BCUT2D eigenvalue weighted by atomic mass is 10.2. The lowest BCUT2D eigenvalue weighted by Crippen LogP contribution is -2.38. The van der Waals surface area contributed by atoms with Crippen LogP contribution in [-0.2, 0) is 39.1 Å². The van der Waals surface area contributed by atoms with E-state index in [0.29, 0.717) is 25.7 Å². The third kappa shape index (κ3) is 10.9. The predicted molar refractivity (Wildman–Crippen MR) is 94.0 cm³/mol. The molecule has 0 aromatic rings. The van der Waals surface area contributed by atoms with Crippen LogP contribution in [0.1, 0.15) is 81.1 Å². The van der Waals surface area contributed by atoms with E-state index in [9.17, 15) is 0 Å². The SMILES string of the molecule is CCC(C)(OO)OOC(C)(CC)OO.CCC(C)(OO)OOC(C)(CC)OO. The molecular formula is C16H36O12. The molecule has 0 heterocycles. The van der Waals surface area contributed by atoms with Gasteiger partial charge in [-0.3, -0.25) is 0 Å². The Hall–Kier alpha value is -0.480. The van der Waals surface area contributed by atoms with E-state index < -0.39 is 23.1 Å². The second-order valence-corrected chi connectivity index (χ2v) is 6.65. The molecular weight excluding hydrogens is 384 g/mol. The molecule has 4 atom stereocenters. The molecule has 0 aliphatic carbocycles. The molecule has 0 aliphatic heterocycles. The molecule has 0 saturated heterocycles. The van der Waals surface area contributed by atoms with Crippen LogP contribution in [-0.4, -0.2) is 44.2 Å². The molecule has 28 heavy (non-hydrogen) atoms. The first-order chi connectivity index (χ1) is 12.9. The maximum atomic E-state index is 8.52. The fraction of sp³-hybridized carbons (Fsp3) is 1.00. The summed E-state index contributed by atoms with van der Waals surface area (Å²) in [6.07, 6.45) is 1.48. The van der Waals surface area contributed by atoms with Gasteiger partial charge in [-0.05, 0) is 27.7 Å². The maximum Gasteiger partial charge on any atom is 0.230 e. The zero-order valence-corrected chi connectivity index (χ0v) is 17.9. The van der Waals surface area contributed by atoms with Crippen molar-refractivity contribution in [1.82, 2.24) is 0 Å². The van der Waals surface area contributed by atoms with Crippen LogP contribution in [0.2, 0.25) is 0 Å². The zero-order valence-electron chi connectivity index (χ0n) is 17.9. The Morgan fingerprint density at radius 3 is 0.643 bits per heavy atom. The van der Waals surface area contributed by atoms with E-state index in [4.69, 9.17) is 40.6 Å². The van der Waals surface area contributed by atoms with Crippen LogP contribution in [0.3, 0.4) is 0 Å². The topological polar surface area (TPSA) is 155 Å². The van der Waals surface area contributed by atoms with E-state index in [-0.39, 0.29) is 0 Å². The monoisotopic (exact) mass is 420 g/mol. The van der Waals surface area contributed by atoms with Crippen LogP contribution < -0.4 is 0 Å². The molecule has 0 amide bonds. The van der Waals surface area contributed by atoms with E-state index >= 15 is 0 Å². The van der Waals surface area contributed by atoms with Gasteiger partial charge in [0.15, 0.2) is 0 Å². The van der Waals surface area contributed by atoms with Crippen molar-refractivity contribution in [2.45, 2.75) is 104 Å². The Labute approximate surface area is 165 Å². The van der Waals surface area contributed by atoms with Gasteiger partial charge in [-0.2, -0.15) is 19.6 Å². The highest BCUT2D eigenvalue weighted by molar-refractivity contribution is 4.58. The first-order valence-corrected chi connectivity index (χ1v) is 8.94. The van der Waals surface area contributed by atoms with E-state index in [1.807, 2.05) is 0 Å². The summed E-state index contributed by atoms with van der Waals surface area (Å²) in [6.45, 7) is 12.9. The van der Waals surface area contributed by atoms with Gasteiger partial charge >= 0.3 is 0 Å². The van der Waals surface area contributed by atoms with Crippen LogP contribution in [0.5, 0.6) is 0 Å². The Kier molecular flexibility index (Phi) is 14.5. The predicted octanol–water partition coefficient (Wildman–Crippen LogP) is 4.33. The van der Waals surface area contributed by atoms with Crippen molar-refractivity contribution in [3.05, 3.63) is 0 Å². The van der Waals surface area contributed by atoms with Gasteiger partial charge in [-0.1, -0.05) is 27.7 Å². The highest BCUT2D eigenvalue weighted by atomic mass is 17.3. The largest absolute Gasteiger partial charge is 0.249 e. The maximum absolute atomic E-state index is 8.52. The van der Waals surface area contributed by atoms with Gasteiger partial charge in [0.05, 0.1) is 0 Å². The molecule has 0 saturated carbocycles. The first-order valence-electron chi connectivity index (χ1n) is 8.94. The number of hydrogen-bond acceptors (Lipinski definition) is 12. The van der Waals surface area contributed by atoms with Crippen molar-refractivity contribution in [2.75, 3.05) is 0 Å². The molecule has 0 aliphatic rings. The minimum Gasteiger partial charge on any atom is -0.249 e. The van der Waals surface area contributed by atoms with Gasteiger partial charge in [-0.25, -0.2) is 40.6 Å². The molecule has 0 bridgehead atoms. The Morgan fingerprint density at radius 1 is 0.429 bits per heavy atom. The van der Waals surface area contributed by atoms with Gasteiger partial charge < -0.3 is 0 Å². The zero-order chi connectivity index (χ0) is 22.5. The van der Waals surface area contributed by atoms with Crippen LogP contribution >= 0.6 is 0 Å².